The van der Waals surface area contributed by atoms with E-state index in [1.165, 1.54) is 24.2 Å². The maximum absolute atomic E-state index is 14.4. The Morgan fingerprint density at radius 1 is 0.974 bits per heavy atom. The van der Waals surface area contributed by atoms with Crippen LogP contribution in [0, 0.1) is 5.92 Å². The summed E-state index contributed by atoms with van der Waals surface area (Å²) in [6, 6.07) is 20.3. The van der Waals surface area contributed by atoms with E-state index >= 15 is 0 Å². The third-order valence-electron chi connectivity index (χ3n) is 6.51. The number of aromatic nitrogens is 1. The maximum atomic E-state index is 14.4. The number of rotatable bonds is 8. The summed E-state index contributed by atoms with van der Waals surface area (Å²) in [4.78, 5) is 47.0. The summed E-state index contributed by atoms with van der Waals surface area (Å²) >= 11 is 0. The van der Waals surface area contributed by atoms with Gasteiger partial charge in [-0.05, 0) is 35.6 Å². The molecule has 1 aliphatic heterocycles. The molecule has 1 unspecified atom stereocenters. The highest BCUT2D eigenvalue weighted by Gasteiger charge is 2.45. The third-order valence-corrected chi connectivity index (χ3v) is 6.51. The monoisotopic (exact) mass is 512 g/mol. The van der Waals surface area contributed by atoms with Gasteiger partial charge in [0.25, 0.3) is 11.8 Å². The highest BCUT2D eigenvalue weighted by atomic mass is 16.3. The van der Waals surface area contributed by atoms with E-state index < -0.39 is 24.2 Å². The van der Waals surface area contributed by atoms with Crippen molar-refractivity contribution in [2.45, 2.75) is 45.5 Å². The molecule has 38 heavy (non-hydrogen) atoms. The van der Waals surface area contributed by atoms with Gasteiger partial charge in [0, 0.05) is 31.1 Å². The molecule has 0 bridgehead atoms. The van der Waals surface area contributed by atoms with Gasteiger partial charge in [0.05, 0.1) is 11.7 Å². The van der Waals surface area contributed by atoms with Crippen LogP contribution in [-0.2, 0) is 16.0 Å². The Labute approximate surface area is 222 Å². The Morgan fingerprint density at radius 2 is 1.58 bits per heavy atom. The van der Waals surface area contributed by atoms with Crippen molar-refractivity contribution in [1.29, 1.82) is 0 Å². The minimum absolute atomic E-state index is 0.236. The van der Waals surface area contributed by atoms with E-state index in [4.69, 9.17) is 0 Å². The van der Waals surface area contributed by atoms with Crippen LogP contribution < -0.4 is 5.32 Å². The molecule has 2 N–H and O–H groups in total. The number of carbonyl (C=O) groups excluding carboxylic acids is 3. The number of nitrogens with one attached hydrogen (secondary N) is 1. The van der Waals surface area contributed by atoms with E-state index in [1.807, 2.05) is 74.5 Å². The Bertz CT molecular complexity index is 1300. The lowest BCUT2D eigenvalue weighted by Gasteiger charge is -2.45. The van der Waals surface area contributed by atoms with Gasteiger partial charge in [0.1, 0.15) is 12.3 Å². The minimum Gasteiger partial charge on any atom is -0.371 e. The molecule has 3 atom stereocenters. The molecule has 3 aromatic rings. The molecule has 0 saturated heterocycles. The molecule has 1 aromatic heterocycles. The molecular weight excluding hydrogens is 480 g/mol. The first-order chi connectivity index (χ1) is 18.3. The first-order valence-electron chi connectivity index (χ1n) is 12.6. The highest BCUT2D eigenvalue weighted by molar-refractivity contribution is 6.02. The summed E-state index contributed by atoms with van der Waals surface area (Å²) in [5.41, 5.74) is 2.46. The van der Waals surface area contributed by atoms with Crippen LogP contribution in [0.3, 0.4) is 0 Å². The molecule has 0 fully saturated rings. The summed E-state index contributed by atoms with van der Waals surface area (Å²) in [7, 11) is 0. The number of nitrogens with zero attached hydrogens (tertiary/aromatic N) is 3. The van der Waals surface area contributed by atoms with E-state index in [0.29, 0.717) is 16.8 Å². The van der Waals surface area contributed by atoms with Gasteiger partial charge in [-0.15, -0.1) is 0 Å². The standard InChI is InChI=1S/C30H32N4O4/c1-20(2)27-30(38)34(25(28(36)32-21(3)35)18-22-10-6-4-7-11-22)26(23-12-8-5-9-13-23)19-33(27)29(37)24-14-16-31-17-15-24/h4-17,19-20,25,27-28,36H,18H2,1-3H3,(H,32,35)/t25-,27+,28?/m0/s1. The first kappa shape index (κ1) is 26.8. The molecule has 0 aliphatic carbocycles. The molecule has 4 rings (SSSR count). The lowest BCUT2D eigenvalue weighted by Crippen LogP contribution is -2.61. The van der Waals surface area contributed by atoms with Crippen molar-refractivity contribution in [2.24, 2.45) is 5.92 Å². The topological polar surface area (TPSA) is 103 Å². The van der Waals surface area contributed by atoms with Gasteiger partial charge < -0.3 is 20.2 Å². The fourth-order valence-electron chi connectivity index (χ4n) is 4.76. The molecule has 0 saturated carbocycles. The highest BCUT2D eigenvalue weighted by Crippen LogP contribution is 2.34. The number of amides is 3. The fourth-order valence-corrected chi connectivity index (χ4v) is 4.76. The molecule has 0 radical (unpaired) electrons. The number of hydrogen-bond donors (Lipinski definition) is 2. The van der Waals surface area contributed by atoms with E-state index in [1.54, 1.807) is 23.2 Å². The number of aliphatic hydroxyl groups excluding tert-OH is 1. The Hall–Kier alpha value is -4.30. The second kappa shape index (κ2) is 11.8. The third kappa shape index (κ3) is 5.81. The minimum atomic E-state index is -1.35. The van der Waals surface area contributed by atoms with E-state index in [0.717, 1.165) is 5.56 Å². The van der Waals surface area contributed by atoms with Crippen LogP contribution in [0.4, 0.5) is 0 Å². The van der Waals surface area contributed by atoms with Crippen LogP contribution in [-0.4, -0.2) is 55.9 Å². The van der Waals surface area contributed by atoms with Gasteiger partial charge in [-0.3, -0.25) is 19.4 Å². The predicted octanol–water partition coefficient (Wildman–Crippen LogP) is 3.46. The second-order valence-corrected chi connectivity index (χ2v) is 9.63. The molecule has 2 heterocycles. The molecule has 1 aliphatic rings. The van der Waals surface area contributed by atoms with Crippen LogP contribution in [0.5, 0.6) is 0 Å². The first-order valence-corrected chi connectivity index (χ1v) is 12.6. The summed E-state index contributed by atoms with van der Waals surface area (Å²) in [6.45, 7) is 5.08. The van der Waals surface area contributed by atoms with Crippen LogP contribution in [0.15, 0.2) is 91.4 Å². The number of benzene rings is 2. The molecule has 8 heteroatoms. The zero-order chi connectivity index (χ0) is 27.2. The second-order valence-electron chi connectivity index (χ2n) is 9.63. The van der Waals surface area contributed by atoms with Crippen molar-refractivity contribution in [1.82, 2.24) is 20.1 Å². The molecular formula is C30H32N4O4. The summed E-state index contributed by atoms with van der Waals surface area (Å²) in [6.07, 6.45) is 3.69. The number of hydrogen-bond acceptors (Lipinski definition) is 5. The Kier molecular flexibility index (Phi) is 8.33. The summed E-state index contributed by atoms with van der Waals surface area (Å²) < 4.78 is 0. The number of pyridine rings is 1. The lowest BCUT2D eigenvalue weighted by atomic mass is 9.93. The summed E-state index contributed by atoms with van der Waals surface area (Å²) in [5, 5.41) is 13.8. The molecule has 8 nitrogen and oxygen atoms in total. The van der Waals surface area contributed by atoms with Gasteiger partial charge in [-0.2, -0.15) is 0 Å². The quantitative estimate of drug-likeness (QED) is 0.450. The van der Waals surface area contributed by atoms with Crippen molar-refractivity contribution in [3.05, 3.63) is 108 Å². The van der Waals surface area contributed by atoms with Gasteiger partial charge in [0.2, 0.25) is 5.91 Å². The van der Waals surface area contributed by atoms with Crippen molar-refractivity contribution in [2.75, 3.05) is 0 Å². The van der Waals surface area contributed by atoms with Gasteiger partial charge in [-0.1, -0.05) is 74.5 Å². The smallest absolute Gasteiger partial charge is 0.258 e. The zero-order valence-electron chi connectivity index (χ0n) is 21.7. The van der Waals surface area contributed by atoms with E-state index in [2.05, 4.69) is 10.3 Å². The van der Waals surface area contributed by atoms with E-state index in [-0.39, 0.29) is 24.2 Å². The average molecular weight is 513 g/mol. The maximum Gasteiger partial charge on any atom is 0.258 e. The van der Waals surface area contributed by atoms with Crippen molar-refractivity contribution < 1.29 is 19.5 Å². The Balaban J connectivity index is 1.88. The van der Waals surface area contributed by atoms with Crippen LogP contribution >= 0.6 is 0 Å². The van der Waals surface area contributed by atoms with Crippen molar-refractivity contribution >= 4 is 23.4 Å². The predicted molar refractivity (Wildman–Crippen MR) is 144 cm³/mol. The van der Waals surface area contributed by atoms with Crippen LogP contribution in [0.1, 0.15) is 42.3 Å². The summed E-state index contributed by atoms with van der Waals surface area (Å²) in [5.74, 6) is -1.32. The molecule has 2 aromatic carbocycles. The zero-order valence-corrected chi connectivity index (χ0v) is 21.7. The van der Waals surface area contributed by atoms with Crippen molar-refractivity contribution in [3.8, 4) is 0 Å². The van der Waals surface area contributed by atoms with Gasteiger partial charge in [0.15, 0.2) is 0 Å². The molecule has 3 amide bonds. The Morgan fingerprint density at radius 3 is 2.16 bits per heavy atom. The molecule has 196 valence electrons. The molecule has 0 spiro atoms. The number of aliphatic hydroxyl groups is 1. The number of carbonyl (C=O) groups is 3. The van der Waals surface area contributed by atoms with Crippen LogP contribution in [0.2, 0.25) is 0 Å². The SMILES string of the molecule is CC(=O)NC(O)[C@H](Cc1ccccc1)N1C(=O)[C@@H](C(C)C)N(C(=O)c2ccncc2)C=C1c1ccccc1. The van der Waals surface area contributed by atoms with Crippen LogP contribution in [0.25, 0.3) is 5.70 Å². The largest absolute Gasteiger partial charge is 0.371 e. The average Bonchev–Trinajstić information content (AvgIpc) is 2.92. The van der Waals surface area contributed by atoms with Gasteiger partial charge in [-0.25, -0.2) is 0 Å². The van der Waals surface area contributed by atoms with Gasteiger partial charge >= 0.3 is 0 Å². The lowest BCUT2D eigenvalue weighted by molar-refractivity contribution is -0.140. The normalized spacial score (nSPS) is 17.1. The van der Waals surface area contributed by atoms with Crippen molar-refractivity contribution in [3.63, 3.8) is 0 Å². The fraction of sp³-hybridized carbons (Fsp3) is 0.267. The van der Waals surface area contributed by atoms with E-state index in [9.17, 15) is 19.5 Å².